The second kappa shape index (κ2) is 18.5. The fraction of sp³-hybridized carbons (Fsp3) is 0.326. The number of hydrogen-bond acceptors (Lipinski definition) is 8. The van der Waals surface area contributed by atoms with Crippen molar-refractivity contribution in [3.05, 3.63) is 135 Å². The molecule has 1 aliphatic rings. The van der Waals surface area contributed by atoms with Crippen LogP contribution in [0.2, 0.25) is 5.02 Å². The molecule has 4 aromatic carbocycles. The fourth-order valence-corrected chi connectivity index (χ4v) is 7.59. The lowest BCUT2D eigenvalue weighted by atomic mass is 9.93. The number of hydrogen-bond donors (Lipinski definition) is 1. The summed E-state index contributed by atoms with van der Waals surface area (Å²) in [5.41, 5.74) is 9.84. The first-order valence-corrected chi connectivity index (χ1v) is 19.8. The normalized spacial score (nSPS) is 13.0. The number of H-pyrrole nitrogens is 1. The molecule has 56 heavy (non-hydrogen) atoms. The first kappa shape index (κ1) is 38.9. The Kier molecular flexibility index (Phi) is 12.8. The number of likely N-dealkylation sites (N-methyl/N-ethyl adjacent to an activating group) is 1. The smallest absolute Gasteiger partial charge is 0.142 e. The third-order valence-corrected chi connectivity index (χ3v) is 10.8. The van der Waals surface area contributed by atoms with Crippen LogP contribution in [-0.2, 0) is 26.2 Å². The SMILES string of the molecule is Cc1c(COc2cc(OCc3cncc(C#N)c3)c(CN(C)CCc3nc4ccccc4[nH]3)cc2Cl)cccc1-c1cccc(OCCCN2CCCC2)c1C. The molecule has 288 valence electrons. The second-order valence-electron chi connectivity index (χ2n) is 14.6. The molecule has 1 aliphatic heterocycles. The number of fused-ring (bicyclic) bond motifs is 1. The van der Waals surface area contributed by atoms with Gasteiger partial charge in [-0.25, -0.2) is 4.98 Å². The number of imidazole rings is 1. The van der Waals surface area contributed by atoms with E-state index in [4.69, 9.17) is 30.8 Å². The van der Waals surface area contributed by atoms with E-state index >= 15 is 0 Å². The van der Waals surface area contributed by atoms with E-state index in [-0.39, 0.29) is 6.61 Å². The number of nitrogens with one attached hydrogen (secondary N) is 1. The van der Waals surface area contributed by atoms with E-state index in [9.17, 15) is 5.26 Å². The summed E-state index contributed by atoms with van der Waals surface area (Å²) in [6, 6.07) is 28.4. The van der Waals surface area contributed by atoms with Crippen molar-refractivity contribution in [3.63, 3.8) is 0 Å². The Morgan fingerprint density at radius 3 is 2.45 bits per heavy atom. The lowest BCUT2D eigenvalue weighted by Crippen LogP contribution is -2.22. The van der Waals surface area contributed by atoms with Crippen molar-refractivity contribution in [3.8, 4) is 34.4 Å². The summed E-state index contributed by atoms with van der Waals surface area (Å²) in [5, 5.41) is 9.91. The molecule has 1 N–H and O–H groups in total. The second-order valence-corrected chi connectivity index (χ2v) is 15.0. The van der Waals surface area contributed by atoms with Crippen LogP contribution < -0.4 is 14.2 Å². The van der Waals surface area contributed by atoms with E-state index < -0.39 is 0 Å². The number of ether oxygens (including phenoxy) is 3. The lowest BCUT2D eigenvalue weighted by Gasteiger charge is -2.21. The Morgan fingerprint density at radius 1 is 0.839 bits per heavy atom. The molecule has 2 aromatic heterocycles. The number of pyridine rings is 1. The van der Waals surface area contributed by atoms with Crippen molar-refractivity contribution < 1.29 is 14.2 Å². The number of nitriles is 1. The molecular formula is C46H49ClN6O3. The minimum atomic E-state index is 0.237. The van der Waals surface area contributed by atoms with Gasteiger partial charge in [-0.15, -0.1) is 0 Å². The van der Waals surface area contributed by atoms with E-state index in [1.165, 1.54) is 25.9 Å². The molecule has 0 saturated carbocycles. The van der Waals surface area contributed by atoms with Gasteiger partial charge in [0.1, 0.15) is 42.4 Å². The molecule has 3 heterocycles. The van der Waals surface area contributed by atoms with Crippen molar-refractivity contribution in [2.24, 2.45) is 0 Å². The summed E-state index contributed by atoms with van der Waals surface area (Å²) in [6.07, 6.45) is 7.66. The van der Waals surface area contributed by atoms with Crippen LogP contribution in [0.25, 0.3) is 22.2 Å². The maximum atomic E-state index is 9.40. The molecule has 7 rings (SSSR count). The van der Waals surface area contributed by atoms with Crippen LogP contribution in [0.5, 0.6) is 17.2 Å². The van der Waals surface area contributed by atoms with Crippen molar-refractivity contribution >= 4 is 22.6 Å². The summed E-state index contributed by atoms with van der Waals surface area (Å²) in [6.45, 7) is 10.4. The summed E-state index contributed by atoms with van der Waals surface area (Å²) in [5.74, 6) is 3.06. The molecular weight excluding hydrogens is 720 g/mol. The molecule has 0 bridgehead atoms. The zero-order chi connectivity index (χ0) is 38.9. The van der Waals surface area contributed by atoms with E-state index in [0.29, 0.717) is 41.8 Å². The Balaban J connectivity index is 1.05. The van der Waals surface area contributed by atoms with Crippen LogP contribution in [0.1, 0.15) is 58.5 Å². The van der Waals surface area contributed by atoms with E-state index in [0.717, 1.165) is 87.5 Å². The highest BCUT2D eigenvalue weighted by atomic mass is 35.5. The first-order valence-electron chi connectivity index (χ1n) is 19.4. The monoisotopic (exact) mass is 768 g/mol. The number of rotatable bonds is 17. The first-order chi connectivity index (χ1) is 27.3. The fourth-order valence-electron chi connectivity index (χ4n) is 7.35. The number of aromatic amines is 1. The largest absolute Gasteiger partial charge is 0.493 e. The topological polar surface area (TPSA) is 99.5 Å². The summed E-state index contributed by atoms with van der Waals surface area (Å²) < 4.78 is 19.2. The van der Waals surface area contributed by atoms with Gasteiger partial charge >= 0.3 is 0 Å². The number of benzene rings is 4. The highest BCUT2D eigenvalue weighted by Crippen LogP contribution is 2.37. The molecule has 0 radical (unpaired) electrons. The van der Waals surface area contributed by atoms with Crippen molar-refractivity contribution in [1.29, 1.82) is 5.26 Å². The van der Waals surface area contributed by atoms with Crippen LogP contribution >= 0.6 is 11.6 Å². The van der Waals surface area contributed by atoms with E-state index in [1.807, 2.05) is 36.4 Å². The molecule has 1 saturated heterocycles. The molecule has 10 heteroatoms. The Labute approximate surface area is 334 Å². The van der Waals surface area contributed by atoms with Crippen LogP contribution in [0.4, 0.5) is 0 Å². The minimum absolute atomic E-state index is 0.237. The molecule has 0 aliphatic carbocycles. The number of likely N-dealkylation sites (tertiary alicyclic amines) is 1. The van der Waals surface area contributed by atoms with Gasteiger partial charge in [0.2, 0.25) is 0 Å². The highest BCUT2D eigenvalue weighted by molar-refractivity contribution is 6.32. The molecule has 0 spiro atoms. The Hall–Kier alpha value is -5.40. The van der Waals surface area contributed by atoms with Gasteiger partial charge in [-0.3, -0.25) is 4.98 Å². The van der Waals surface area contributed by atoms with Gasteiger partial charge in [0.05, 0.1) is 28.2 Å². The van der Waals surface area contributed by atoms with Crippen LogP contribution in [-0.4, -0.2) is 64.6 Å². The molecule has 0 atom stereocenters. The van der Waals surface area contributed by atoms with Gasteiger partial charge in [-0.05, 0) is 111 Å². The number of para-hydroxylation sites is 2. The van der Waals surface area contributed by atoms with Gasteiger partial charge in [-0.2, -0.15) is 5.26 Å². The Bertz CT molecular complexity index is 2280. The summed E-state index contributed by atoms with van der Waals surface area (Å²) in [7, 11) is 2.07. The molecule has 0 unspecified atom stereocenters. The quantitative estimate of drug-likeness (QED) is 0.0917. The molecule has 9 nitrogen and oxygen atoms in total. The summed E-state index contributed by atoms with van der Waals surface area (Å²) in [4.78, 5) is 17.1. The average molecular weight is 769 g/mol. The standard InChI is InChI=1S/C46H49ClN6O3/c1-32-36(11-8-12-38(32)39-13-9-16-43(33(39)2)54-22-10-20-53-18-6-7-19-53)31-56-45-25-44(55-30-35-23-34(26-48)27-49-28-35)37(24-40(45)47)29-52(3)21-17-46-50-41-14-4-5-15-42(41)51-46/h4-5,8-9,11-16,23-25,27-28H,6-7,10,17-22,29-31H2,1-3H3,(H,50,51). The minimum Gasteiger partial charge on any atom is -0.493 e. The number of aromatic nitrogens is 3. The molecule has 1 fully saturated rings. The van der Waals surface area contributed by atoms with Gasteiger partial charge in [0.15, 0.2) is 0 Å². The summed E-state index contributed by atoms with van der Waals surface area (Å²) >= 11 is 6.94. The number of halogens is 1. The molecule has 6 aromatic rings. The van der Waals surface area contributed by atoms with Gasteiger partial charge in [-0.1, -0.05) is 54.1 Å². The van der Waals surface area contributed by atoms with Crippen molar-refractivity contribution in [2.75, 3.05) is 39.8 Å². The zero-order valence-electron chi connectivity index (χ0n) is 32.5. The average Bonchev–Trinajstić information content (AvgIpc) is 3.89. The van der Waals surface area contributed by atoms with Crippen molar-refractivity contribution in [2.45, 2.75) is 59.3 Å². The Morgan fingerprint density at radius 2 is 1.62 bits per heavy atom. The van der Waals surface area contributed by atoms with Crippen LogP contribution in [0, 0.1) is 25.2 Å². The maximum absolute atomic E-state index is 9.40. The van der Waals surface area contributed by atoms with Crippen molar-refractivity contribution in [1.82, 2.24) is 24.8 Å². The van der Waals surface area contributed by atoms with E-state index in [1.54, 1.807) is 18.5 Å². The maximum Gasteiger partial charge on any atom is 0.142 e. The third-order valence-electron chi connectivity index (χ3n) is 10.5. The van der Waals surface area contributed by atoms with Gasteiger partial charge < -0.3 is 29.0 Å². The predicted octanol–water partition coefficient (Wildman–Crippen LogP) is 9.46. The number of nitrogens with zero attached hydrogens (tertiary/aromatic N) is 5. The molecule has 0 amide bonds. The van der Waals surface area contributed by atoms with E-state index in [2.05, 4.69) is 83.1 Å². The van der Waals surface area contributed by atoms with Crippen LogP contribution in [0.3, 0.4) is 0 Å². The zero-order valence-corrected chi connectivity index (χ0v) is 33.2. The highest BCUT2D eigenvalue weighted by Gasteiger charge is 2.17. The van der Waals surface area contributed by atoms with Gasteiger partial charge in [0, 0.05) is 55.6 Å². The van der Waals surface area contributed by atoms with Crippen LogP contribution in [0.15, 0.2) is 91.3 Å². The third kappa shape index (κ3) is 9.69. The lowest BCUT2D eigenvalue weighted by molar-refractivity contribution is 0.262. The predicted molar refractivity (Wildman–Crippen MR) is 222 cm³/mol. The van der Waals surface area contributed by atoms with Gasteiger partial charge in [0.25, 0.3) is 0 Å².